The molecule has 0 saturated heterocycles. The van der Waals surface area contributed by atoms with Crippen LogP contribution < -0.4 is 24.4 Å². The van der Waals surface area contributed by atoms with Crippen molar-refractivity contribution in [1.29, 1.82) is 0 Å². The number of rotatable bonds is 9. The lowest BCUT2D eigenvalue weighted by Crippen LogP contribution is -2.40. The molecule has 1 aromatic heterocycles. The molecule has 7 nitrogen and oxygen atoms in total. The molecule has 9 heteroatoms. The van der Waals surface area contributed by atoms with Crippen LogP contribution in [0, 0.1) is 0 Å². The summed E-state index contributed by atoms with van der Waals surface area (Å²) in [6.45, 7) is 2.29. The maximum atomic E-state index is 14.2. The van der Waals surface area contributed by atoms with Crippen LogP contribution >= 0.6 is 22.9 Å². The van der Waals surface area contributed by atoms with E-state index in [-0.39, 0.29) is 12.2 Å². The van der Waals surface area contributed by atoms with E-state index in [0.717, 1.165) is 22.3 Å². The number of carbonyl (C=O) groups is 1. The minimum absolute atomic E-state index is 0.180. The van der Waals surface area contributed by atoms with Gasteiger partial charge in [-0.1, -0.05) is 89.7 Å². The fourth-order valence-electron chi connectivity index (χ4n) is 5.18. The lowest BCUT2D eigenvalue weighted by Gasteiger charge is -2.26. The molecule has 0 fully saturated rings. The molecule has 1 aliphatic heterocycles. The first-order valence-corrected chi connectivity index (χ1v) is 15.5. The Hall–Kier alpha value is -4.92. The van der Waals surface area contributed by atoms with E-state index in [4.69, 9.17) is 30.8 Å². The van der Waals surface area contributed by atoms with Gasteiger partial charge in [-0.05, 0) is 66.1 Å². The lowest BCUT2D eigenvalue weighted by molar-refractivity contribution is -0.138. The SMILES string of the molecule is CCOC(=O)C1=C(c2ccccc2)N=c2s/c(=C\c3cccc(OCc4cccc(Cl)c4)c3)c(=O)n2[C@@H]1c1ccc(OC)cc1. The van der Waals surface area contributed by atoms with Gasteiger partial charge in [-0.2, -0.15) is 0 Å². The Bertz CT molecular complexity index is 2070. The summed E-state index contributed by atoms with van der Waals surface area (Å²) in [5.74, 6) is 0.789. The summed E-state index contributed by atoms with van der Waals surface area (Å²) in [6, 6.07) is 31.1. The van der Waals surface area contributed by atoms with Gasteiger partial charge in [0.2, 0.25) is 0 Å². The second-order valence-corrected chi connectivity index (χ2v) is 11.6. The van der Waals surface area contributed by atoms with E-state index in [1.165, 1.54) is 11.3 Å². The molecule has 0 amide bonds. The molecule has 0 saturated carbocycles. The van der Waals surface area contributed by atoms with E-state index in [1.807, 2.05) is 109 Å². The van der Waals surface area contributed by atoms with Crippen LogP contribution in [0.3, 0.4) is 0 Å². The average molecular weight is 637 g/mol. The summed E-state index contributed by atoms with van der Waals surface area (Å²) in [6.07, 6.45) is 1.82. The molecule has 1 atom stereocenters. The zero-order valence-corrected chi connectivity index (χ0v) is 26.2. The number of hydrogen-bond donors (Lipinski definition) is 0. The quantitative estimate of drug-likeness (QED) is 0.181. The molecular weight excluding hydrogens is 608 g/mol. The molecule has 1 aliphatic rings. The molecule has 6 rings (SSSR count). The smallest absolute Gasteiger partial charge is 0.338 e. The Kier molecular flexibility index (Phi) is 8.96. The van der Waals surface area contributed by atoms with Crippen LogP contribution in [-0.2, 0) is 16.1 Å². The number of hydrogen-bond acceptors (Lipinski definition) is 7. The first-order chi connectivity index (χ1) is 21.9. The highest BCUT2D eigenvalue weighted by Gasteiger charge is 2.35. The molecule has 0 spiro atoms. The number of nitrogens with zero attached hydrogens (tertiary/aromatic N) is 2. The van der Waals surface area contributed by atoms with E-state index < -0.39 is 12.0 Å². The highest BCUT2D eigenvalue weighted by Crippen LogP contribution is 2.35. The van der Waals surface area contributed by atoms with Crippen molar-refractivity contribution in [3.63, 3.8) is 0 Å². The normalized spacial score (nSPS) is 14.5. The maximum absolute atomic E-state index is 14.2. The zero-order chi connectivity index (χ0) is 31.3. The number of aromatic nitrogens is 1. The van der Waals surface area contributed by atoms with Gasteiger partial charge in [0.1, 0.15) is 18.1 Å². The van der Waals surface area contributed by atoms with Gasteiger partial charge in [-0.3, -0.25) is 9.36 Å². The van der Waals surface area contributed by atoms with Crippen LogP contribution in [0.1, 0.15) is 35.2 Å². The highest BCUT2D eigenvalue weighted by molar-refractivity contribution is 7.07. The van der Waals surface area contributed by atoms with E-state index in [9.17, 15) is 9.59 Å². The van der Waals surface area contributed by atoms with Gasteiger partial charge in [0, 0.05) is 10.6 Å². The van der Waals surface area contributed by atoms with Crippen LogP contribution in [0.4, 0.5) is 0 Å². The second kappa shape index (κ2) is 13.4. The first kappa shape index (κ1) is 30.1. The third-order valence-electron chi connectivity index (χ3n) is 7.26. The summed E-state index contributed by atoms with van der Waals surface area (Å²) < 4.78 is 19.0. The number of halogens is 1. The van der Waals surface area contributed by atoms with E-state index in [2.05, 4.69) is 0 Å². The van der Waals surface area contributed by atoms with Gasteiger partial charge in [-0.25, -0.2) is 9.79 Å². The van der Waals surface area contributed by atoms with E-state index in [0.29, 0.717) is 43.7 Å². The summed E-state index contributed by atoms with van der Waals surface area (Å²) >= 11 is 7.38. The third-order valence-corrected chi connectivity index (χ3v) is 8.47. The largest absolute Gasteiger partial charge is 0.497 e. The molecular formula is C36H29ClN2O5S. The lowest BCUT2D eigenvalue weighted by atomic mass is 9.93. The zero-order valence-electron chi connectivity index (χ0n) is 24.6. The van der Waals surface area contributed by atoms with Crippen LogP contribution in [0.2, 0.25) is 5.02 Å². The standard InChI is InChI=1S/C36H29ClN2O5S/c1-3-43-35(41)31-32(25-11-5-4-6-12-25)38-36-39(33(31)26-15-17-28(42-2)18-16-26)34(40)30(45-36)21-23-9-8-14-29(20-23)44-22-24-10-7-13-27(37)19-24/h4-21,33H,3,22H2,1-2H3/b30-21-/t33-/m1/s1. The number of benzene rings is 4. The maximum Gasteiger partial charge on any atom is 0.338 e. The topological polar surface area (TPSA) is 79.1 Å². The van der Waals surface area contributed by atoms with Crippen LogP contribution in [-0.4, -0.2) is 24.3 Å². The predicted molar refractivity (Wildman–Crippen MR) is 176 cm³/mol. The van der Waals surface area contributed by atoms with Crippen molar-refractivity contribution < 1.29 is 19.0 Å². The Labute approximate surface area is 268 Å². The summed E-state index contributed by atoms with van der Waals surface area (Å²) in [4.78, 5) is 33.2. The number of fused-ring (bicyclic) bond motifs is 1. The van der Waals surface area contributed by atoms with Crippen molar-refractivity contribution in [2.24, 2.45) is 4.99 Å². The number of thiazole rings is 1. The minimum atomic E-state index is -0.768. The predicted octanol–water partition coefficient (Wildman–Crippen LogP) is 6.18. The van der Waals surface area contributed by atoms with Crippen molar-refractivity contribution in [3.8, 4) is 11.5 Å². The minimum Gasteiger partial charge on any atom is -0.497 e. The molecule has 0 unspecified atom stereocenters. The molecule has 0 N–H and O–H groups in total. The molecule has 226 valence electrons. The van der Waals surface area contributed by atoms with E-state index >= 15 is 0 Å². The average Bonchev–Trinajstić information content (AvgIpc) is 3.37. The molecule has 4 aromatic carbocycles. The fraction of sp³-hybridized carbons (Fsp3) is 0.139. The van der Waals surface area contributed by atoms with Crippen molar-refractivity contribution in [1.82, 2.24) is 4.57 Å². The summed E-state index contributed by atoms with van der Waals surface area (Å²) in [5.41, 5.74) is 3.72. The Morgan fingerprint density at radius 2 is 1.73 bits per heavy atom. The summed E-state index contributed by atoms with van der Waals surface area (Å²) in [5, 5.41) is 0.648. The Morgan fingerprint density at radius 3 is 2.47 bits per heavy atom. The molecule has 2 heterocycles. The van der Waals surface area contributed by atoms with Gasteiger partial charge >= 0.3 is 5.97 Å². The van der Waals surface area contributed by atoms with Gasteiger partial charge in [-0.15, -0.1) is 0 Å². The van der Waals surface area contributed by atoms with Crippen molar-refractivity contribution in [2.45, 2.75) is 19.6 Å². The van der Waals surface area contributed by atoms with Crippen LogP contribution in [0.25, 0.3) is 11.8 Å². The van der Waals surface area contributed by atoms with Crippen molar-refractivity contribution >= 4 is 40.7 Å². The molecule has 45 heavy (non-hydrogen) atoms. The summed E-state index contributed by atoms with van der Waals surface area (Å²) in [7, 11) is 1.59. The van der Waals surface area contributed by atoms with Crippen molar-refractivity contribution in [3.05, 3.63) is 156 Å². The number of esters is 1. The number of carbonyl (C=O) groups excluding carboxylic acids is 1. The van der Waals surface area contributed by atoms with Gasteiger partial charge < -0.3 is 14.2 Å². The van der Waals surface area contributed by atoms with Crippen LogP contribution in [0.15, 0.2) is 118 Å². The second-order valence-electron chi connectivity index (χ2n) is 10.2. The van der Waals surface area contributed by atoms with Gasteiger partial charge in [0.15, 0.2) is 4.80 Å². The molecule has 0 aliphatic carbocycles. The van der Waals surface area contributed by atoms with Crippen molar-refractivity contribution in [2.75, 3.05) is 13.7 Å². The Morgan fingerprint density at radius 1 is 0.956 bits per heavy atom. The highest BCUT2D eigenvalue weighted by atomic mass is 35.5. The first-order valence-electron chi connectivity index (χ1n) is 14.3. The van der Waals surface area contributed by atoms with Gasteiger partial charge in [0.05, 0.1) is 35.6 Å². The monoisotopic (exact) mass is 636 g/mol. The van der Waals surface area contributed by atoms with Crippen LogP contribution in [0.5, 0.6) is 11.5 Å². The molecule has 0 bridgehead atoms. The fourth-order valence-corrected chi connectivity index (χ4v) is 6.39. The van der Waals surface area contributed by atoms with Gasteiger partial charge in [0.25, 0.3) is 5.56 Å². The third kappa shape index (κ3) is 6.48. The number of methoxy groups -OCH3 is 1. The molecule has 5 aromatic rings. The van der Waals surface area contributed by atoms with E-state index in [1.54, 1.807) is 18.6 Å². The molecule has 0 radical (unpaired) electrons. The number of ether oxygens (including phenoxy) is 3. The Balaban J connectivity index is 1.47.